The van der Waals surface area contributed by atoms with Crippen LogP contribution in [0.1, 0.15) is 5.56 Å². The average Bonchev–Trinajstić information content (AvgIpc) is 2.75. The Bertz CT molecular complexity index is 497. The van der Waals surface area contributed by atoms with Gasteiger partial charge >= 0.3 is 0 Å². The first-order valence-electron chi connectivity index (χ1n) is 5.02. The molecule has 6 heteroatoms. The Hall–Kier alpha value is -1.33. The Morgan fingerprint density at radius 3 is 2.82 bits per heavy atom. The monoisotopic (exact) mass is 266 g/mol. The van der Waals surface area contributed by atoms with Gasteiger partial charge in [0.15, 0.2) is 0 Å². The van der Waals surface area contributed by atoms with Crippen molar-refractivity contribution in [2.75, 3.05) is 5.75 Å². The van der Waals surface area contributed by atoms with Crippen LogP contribution in [0.4, 0.5) is 0 Å². The minimum Gasteiger partial charge on any atom is -0.216 e. The van der Waals surface area contributed by atoms with Crippen LogP contribution in [0.25, 0.3) is 0 Å². The molecule has 1 heterocycles. The Morgan fingerprint density at radius 2 is 2.12 bits per heavy atom. The van der Waals surface area contributed by atoms with Crippen LogP contribution < -0.4 is 0 Å². The minimum atomic E-state index is 0.587. The fourth-order valence-corrected chi connectivity index (χ4v) is 2.09. The smallest absolute Gasteiger partial charge is 0.209 e. The quantitative estimate of drug-likeness (QED) is 0.780. The number of aromatic nitrogens is 4. The summed E-state index contributed by atoms with van der Waals surface area (Å²) in [5.74, 6) is 0.608. The zero-order chi connectivity index (χ0) is 12.1. The first-order valence-corrected chi connectivity index (χ1v) is 6.38. The lowest BCUT2D eigenvalue weighted by Crippen LogP contribution is -2.03. The highest BCUT2D eigenvalue weighted by Gasteiger charge is 2.07. The van der Waals surface area contributed by atoms with E-state index in [-0.39, 0.29) is 0 Å². The highest BCUT2D eigenvalue weighted by atomic mass is 35.5. The lowest BCUT2D eigenvalue weighted by Gasteiger charge is -2.03. The van der Waals surface area contributed by atoms with Crippen LogP contribution in [-0.2, 0) is 6.54 Å². The molecule has 0 amide bonds. The number of thioether (sulfide) groups is 1. The molecule has 0 atom stereocenters. The molecule has 0 radical (unpaired) electrons. The lowest BCUT2D eigenvalue weighted by atomic mass is 10.2. The van der Waals surface area contributed by atoms with Crippen molar-refractivity contribution >= 4 is 23.4 Å². The summed E-state index contributed by atoms with van der Waals surface area (Å²) in [5, 5.41) is 12.9. The molecule has 0 saturated heterocycles. The van der Waals surface area contributed by atoms with Gasteiger partial charge in [-0.3, -0.25) is 0 Å². The molecule has 88 valence electrons. The van der Waals surface area contributed by atoms with Gasteiger partial charge in [0.2, 0.25) is 5.16 Å². The Kier molecular flexibility index (Phi) is 4.17. The molecule has 0 N–H and O–H groups in total. The van der Waals surface area contributed by atoms with Crippen LogP contribution in [0.15, 0.2) is 47.1 Å². The Balaban J connectivity index is 2.06. The molecular weight excluding hydrogens is 256 g/mol. The second-order valence-electron chi connectivity index (χ2n) is 3.41. The number of halogens is 1. The summed E-state index contributed by atoms with van der Waals surface area (Å²) >= 11 is 7.19. The fraction of sp³-hybridized carbons (Fsp3) is 0.182. The third-order valence-electron chi connectivity index (χ3n) is 2.03. The Labute approximate surface area is 109 Å². The van der Waals surface area contributed by atoms with E-state index in [1.54, 1.807) is 4.68 Å². The normalized spacial score (nSPS) is 10.4. The maximum absolute atomic E-state index is 5.71. The summed E-state index contributed by atoms with van der Waals surface area (Å²) in [6, 6.07) is 10.0. The van der Waals surface area contributed by atoms with Crippen LogP contribution in [-0.4, -0.2) is 26.0 Å². The molecule has 1 aromatic heterocycles. The molecule has 0 spiro atoms. The molecule has 0 aliphatic rings. The molecule has 0 unspecified atom stereocenters. The van der Waals surface area contributed by atoms with E-state index in [0.29, 0.717) is 17.3 Å². The third-order valence-corrected chi connectivity index (χ3v) is 3.37. The van der Waals surface area contributed by atoms with E-state index in [1.807, 2.05) is 30.3 Å². The summed E-state index contributed by atoms with van der Waals surface area (Å²) < 4.78 is 1.75. The molecule has 2 rings (SSSR count). The average molecular weight is 267 g/mol. The second-order valence-corrected chi connectivity index (χ2v) is 4.89. The molecule has 4 nitrogen and oxygen atoms in total. The topological polar surface area (TPSA) is 43.6 Å². The largest absolute Gasteiger partial charge is 0.216 e. The first-order chi connectivity index (χ1) is 8.25. The van der Waals surface area contributed by atoms with Gasteiger partial charge in [0.25, 0.3) is 0 Å². The second kappa shape index (κ2) is 5.84. The van der Waals surface area contributed by atoms with E-state index in [0.717, 1.165) is 10.7 Å². The van der Waals surface area contributed by atoms with E-state index in [1.165, 1.54) is 11.8 Å². The lowest BCUT2D eigenvalue weighted by molar-refractivity contribution is 0.603. The van der Waals surface area contributed by atoms with E-state index in [4.69, 9.17) is 11.6 Å². The van der Waals surface area contributed by atoms with Crippen LogP contribution in [0, 0.1) is 0 Å². The molecule has 17 heavy (non-hydrogen) atoms. The van der Waals surface area contributed by atoms with Crippen molar-refractivity contribution in [2.45, 2.75) is 11.7 Å². The number of rotatable bonds is 5. The van der Waals surface area contributed by atoms with Crippen LogP contribution in [0.2, 0.25) is 0 Å². The minimum absolute atomic E-state index is 0.587. The van der Waals surface area contributed by atoms with Crippen molar-refractivity contribution < 1.29 is 0 Å². The molecule has 0 saturated carbocycles. The van der Waals surface area contributed by atoms with E-state index >= 15 is 0 Å². The highest BCUT2D eigenvalue weighted by molar-refractivity contribution is 7.99. The molecule has 0 fully saturated rings. The van der Waals surface area contributed by atoms with Gasteiger partial charge in [0.05, 0.1) is 6.54 Å². The molecule has 1 aromatic carbocycles. The fourth-order valence-electron chi connectivity index (χ4n) is 1.30. The number of hydrogen-bond donors (Lipinski definition) is 0. The Morgan fingerprint density at radius 1 is 1.35 bits per heavy atom. The zero-order valence-electron chi connectivity index (χ0n) is 9.08. The number of benzene rings is 1. The number of hydrogen-bond acceptors (Lipinski definition) is 4. The van der Waals surface area contributed by atoms with Crippen molar-refractivity contribution in [1.82, 2.24) is 20.2 Å². The van der Waals surface area contributed by atoms with Gasteiger partial charge in [-0.1, -0.05) is 60.3 Å². The third kappa shape index (κ3) is 3.57. The van der Waals surface area contributed by atoms with Crippen LogP contribution >= 0.6 is 23.4 Å². The molecule has 0 bridgehead atoms. The van der Waals surface area contributed by atoms with Gasteiger partial charge in [0, 0.05) is 10.8 Å². The molecule has 0 aliphatic heterocycles. The summed E-state index contributed by atoms with van der Waals surface area (Å²) in [7, 11) is 0. The SMILES string of the molecule is C=C(Cl)CSc1nnnn1Cc1ccccc1. The van der Waals surface area contributed by atoms with Gasteiger partial charge in [-0.15, -0.1) is 5.10 Å². The maximum atomic E-state index is 5.71. The van der Waals surface area contributed by atoms with Gasteiger partial charge in [-0.05, 0) is 16.0 Å². The van der Waals surface area contributed by atoms with Crippen LogP contribution in [0.5, 0.6) is 0 Å². The van der Waals surface area contributed by atoms with Crippen molar-refractivity contribution in [3.8, 4) is 0 Å². The van der Waals surface area contributed by atoms with E-state index < -0.39 is 0 Å². The first kappa shape index (κ1) is 12.1. The molecule has 0 aliphatic carbocycles. The predicted octanol–water partition coefficient (Wildman–Crippen LogP) is 2.57. The summed E-state index contributed by atoms with van der Waals surface area (Å²) in [6.07, 6.45) is 0. The number of tetrazole rings is 1. The standard InChI is InChI=1S/C11H11ClN4S/c1-9(12)8-17-11-13-14-15-16(11)7-10-5-3-2-4-6-10/h2-6H,1,7-8H2. The summed E-state index contributed by atoms with van der Waals surface area (Å²) in [5.41, 5.74) is 1.16. The van der Waals surface area contributed by atoms with E-state index in [9.17, 15) is 0 Å². The van der Waals surface area contributed by atoms with Crippen molar-refractivity contribution in [1.29, 1.82) is 0 Å². The summed E-state index contributed by atoms with van der Waals surface area (Å²) in [4.78, 5) is 0. The molecular formula is C11H11ClN4S. The van der Waals surface area contributed by atoms with Gasteiger partial charge < -0.3 is 0 Å². The number of nitrogens with zero attached hydrogens (tertiary/aromatic N) is 4. The van der Waals surface area contributed by atoms with Gasteiger partial charge in [-0.25, -0.2) is 4.68 Å². The predicted molar refractivity (Wildman–Crippen MR) is 69.1 cm³/mol. The van der Waals surface area contributed by atoms with Crippen LogP contribution in [0.3, 0.4) is 0 Å². The van der Waals surface area contributed by atoms with Crippen molar-refractivity contribution in [3.63, 3.8) is 0 Å². The molecule has 2 aromatic rings. The van der Waals surface area contributed by atoms with E-state index in [2.05, 4.69) is 22.1 Å². The maximum Gasteiger partial charge on any atom is 0.209 e. The van der Waals surface area contributed by atoms with Crippen molar-refractivity contribution in [3.05, 3.63) is 47.5 Å². The van der Waals surface area contributed by atoms with Gasteiger partial charge in [0.1, 0.15) is 0 Å². The van der Waals surface area contributed by atoms with Crippen molar-refractivity contribution in [2.24, 2.45) is 0 Å². The highest BCUT2D eigenvalue weighted by Crippen LogP contribution is 2.18. The summed E-state index contributed by atoms with van der Waals surface area (Å²) in [6.45, 7) is 4.29. The van der Waals surface area contributed by atoms with Gasteiger partial charge in [-0.2, -0.15) is 0 Å². The zero-order valence-corrected chi connectivity index (χ0v) is 10.7.